The van der Waals surface area contributed by atoms with Crippen molar-refractivity contribution in [2.45, 2.75) is 26.3 Å². The summed E-state index contributed by atoms with van der Waals surface area (Å²) in [5.74, 6) is 0.963. The second kappa shape index (κ2) is 8.94. The van der Waals surface area contributed by atoms with Crippen LogP contribution in [0.4, 0.5) is 5.95 Å². The highest BCUT2D eigenvalue weighted by Crippen LogP contribution is 2.05. The van der Waals surface area contributed by atoms with Gasteiger partial charge in [0.25, 0.3) is 0 Å². The van der Waals surface area contributed by atoms with Crippen molar-refractivity contribution in [1.29, 1.82) is 0 Å². The van der Waals surface area contributed by atoms with E-state index in [1.807, 2.05) is 19.3 Å². The van der Waals surface area contributed by atoms with Gasteiger partial charge in [0.15, 0.2) is 0 Å². The first-order valence-corrected chi connectivity index (χ1v) is 6.71. The number of imidazole rings is 1. The molecule has 18 heavy (non-hydrogen) atoms. The first-order valence-electron chi connectivity index (χ1n) is 6.71. The summed E-state index contributed by atoms with van der Waals surface area (Å²) in [5, 5.41) is 3.35. The molecule has 0 unspecified atom stereocenters. The van der Waals surface area contributed by atoms with E-state index >= 15 is 0 Å². The van der Waals surface area contributed by atoms with E-state index in [0.29, 0.717) is 0 Å². The molecule has 0 saturated carbocycles. The maximum Gasteiger partial charge on any atom is 0.202 e. The van der Waals surface area contributed by atoms with Crippen LogP contribution in [0.15, 0.2) is 12.4 Å². The summed E-state index contributed by atoms with van der Waals surface area (Å²) in [6.07, 6.45) is 6.02. The van der Waals surface area contributed by atoms with E-state index in [1.165, 1.54) is 0 Å². The molecule has 1 aromatic heterocycles. The average molecular weight is 254 g/mol. The molecule has 0 radical (unpaired) electrons. The number of hydrogen-bond donors (Lipinski definition) is 1. The highest BCUT2D eigenvalue weighted by molar-refractivity contribution is 5.25. The minimum Gasteiger partial charge on any atom is -0.382 e. The van der Waals surface area contributed by atoms with Crippen LogP contribution in [-0.4, -0.2) is 54.8 Å². The van der Waals surface area contributed by atoms with Gasteiger partial charge in [0, 0.05) is 38.7 Å². The summed E-state index contributed by atoms with van der Waals surface area (Å²) in [6.45, 7) is 6.63. The third kappa shape index (κ3) is 6.02. The van der Waals surface area contributed by atoms with Gasteiger partial charge in [0.1, 0.15) is 0 Å². The normalized spacial score (nSPS) is 11.1. The highest BCUT2D eigenvalue weighted by Gasteiger charge is 2.01. The van der Waals surface area contributed by atoms with Gasteiger partial charge in [0.2, 0.25) is 5.95 Å². The Labute approximate surface area is 110 Å². The molecule has 0 aliphatic carbocycles. The van der Waals surface area contributed by atoms with Crippen LogP contribution in [0.2, 0.25) is 0 Å². The average Bonchev–Trinajstić information content (AvgIpc) is 2.76. The van der Waals surface area contributed by atoms with E-state index < -0.39 is 0 Å². The molecule has 0 amide bonds. The second-order valence-corrected chi connectivity index (χ2v) is 4.58. The number of aromatic nitrogens is 2. The summed E-state index contributed by atoms with van der Waals surface area (Å²) in [4.78, 5) is 6.53. The van der Waals surface area contributed by atoms with Crippen LogP contribution in [0.1, 0.15) is 19.8 Å². The molecule has 0 aliphatic heterocycles. The van der Waals surface area contributed by atoms with Crippen LogP contribution in [0, 0.1) is 0 Å². The van der Waals surface area contributed by atoms with Gasteiger partial charge in [-0.15, -0.1) is 0 Å². The van der Waals surface area contributed by atoms with Crippen LogP contribution < -0.4 is 5.32 Å². The molecule has 104 valence electrons. The largest absolute Gasteiger partial charge is 0.382 e. The quantitative estimate of drug-likeness (QED) is 0.645. The Morgan fingerprint density at radius 2 is 2.22 bits per heavy atom. The number of rotatable bonds is 10. The van der Waals surface area contributed by atoms with Gasteiger partial charge in [-0.2, -0.15) is 0 Å². The molecular weight excluding hydrogens is 228 g/mol. The Kier molecular flexibility index (Phi) is 7.44. The molecule has 5 nitrogen and oxygen atoms in total. The molecule has 0 bridgehead atoms. The van der Waals surface area contributed by atoms with Crippen molar-refractivity contribution in [3.8, 4) is 0 Å². The zero-order valence-electron chi connectivity index (χ0n) is 11.9. The highest BCUT2D eigenvalue weighted by atomic mass is 16.5. The van der Waals surface area contributed by atoms with Crippen molar-refractivity contribution in [2.24, 2.45) is 0 Å². The van der Waals surface area contributed by atoms with Crippen LogP contribution in [-0.2, 0) is 11.3 Å². The maximum absolute atomic E-state index is 5.30. The minimum absolute atomic E-state index is 0.791. The number of ether oxygens (including phenoxy) is 1. The van der Waals surface area contributed by atoms with Crippen molar-refractivity contribution in [2.75, 3.05) is 45.7 Å². The summed E-state index contributed by atoms with van der Waals surface area (Å²) >= 11 is 0. The summed E-state index contributed by atoms with van der Waals surface area (Å²) in [6, 6.07) is 0. The third-order valence-electron chi connectivity index (χ3n) is 2.67. The van der Waals surface area contributed by atoms with E-state index in [1.54, 1.807) is 0 Å². The van der Waals surface area contributed by atoms with Crippen molar-refractivity contribution < 1.29 is 4.74 Å². The van der Waals surface area contributed by atoms with E-state index in [-0.39, 0.29) is 0 Å². The van der Waals surface area contributed by atoms with Crippen molar-refractivity contribution in [1.82, 2.24) is 14.5 Å². The molecule has 1 rings (SSSR count). The first kappa shape index (κ1) is 15.0. The summed E-state index contributed by atoms with van der Waals surface area (Å²) < 4.78 is 7.47. The minimum atomic E-state index is 0.791. The first-order chi connectivity index (χ1) is 8.74. The number of nitrogens with zero attached hydrogens (tertiary/aromatic N) is 3. The SMILES string of the molecule is CCOCCCNc1nccn1CCCN(C)C. The zero-order chi connectivity index (χ0) is 13.2. The lowest BCUT2D eigenvalue weighted by Crippen LogP contribution is -2.16. The monoisotopic (exact) mass is 254 g/mol. The molecular formula is C13H26N4O. The lowest BCUT2D eigenvalue weighted by molar-refractivity contribution is 0.147. The molecule has 1 N–H and O–H groups in total. The van der Waals surface area contributed by atoms with Crippen LogP contribution in [0.25, 0.3) is 0 Å². The lowest BCUT2D eigenvalue weighted by atomic mass is 10.4. The maximum atomic E-state index is 5.30. The molecule has 0 spiro atoms. The fraction of sp³-hybridized carbons (Fsp3) is 0.769. The fourth-order valence-corrected chi connectivity index (χ4v) is 1.73. The van der Waals surface area contributed by atoms with Crippen LogP contribution >= 0.6 is 0 Å². The van der Waals surface area contributed by atoms with Crippen molar-refractivity contribution >= 4 is 5.95 Å². The second-order valence-electron chi connectivity index (χ2n) is 4.58. The van der Waals surface area contributed by atoms with Gasteiger partial charge in [-0.3, -0.25) is 0 Å². The van der Waals surface area contributed by atoms with Crippen molar-refractivity contribution in [3.63, 3.8) is 0 Å². The number of nitrogens with one attached hydrogen (secondary N) is 1. The molecule has 5 heteroatoms. The molecule has 0 aromatic carbocycles. The van der Waals surface area contributed by atoms with Crippen LogP contribution in [0.5, 0.6) is 0 Å². The zero-order valence-corrected chi connectivity index (χ0v) is 11.9. The van der Waals surface area contributed by atoms with Gasteiger partial charge in [-0.25, -0.2) is 4.98 Å². The Morgan fingerprint density at radius 3 is 2.94 bits per heavy atom. The predicted molar refractivity (Wildman–Crippen MR) is 75.0 cm³/mol. The van der Waals surface area contributed by atoms with Gasteiger partial charge in [0.05, 0.1) is 0 Å². The third-order valence-corrected chi connectivity index (χ3v) is 2.67. The standard InChI is InChI=1S/C13H26N4O/c1-4-18-12-5-7-14-13-15-8-11-17(13)10-6-9-16(2)3/h8,11H,4-7,9-10,12H2,1-3H3,(H,14,15). The van der Waals surface area contributed by atoms with E-state index in [2.05, 4.69) is 33.9 Å². The van der Waals surface area contributed by atoms with Gasteiger partial charge >= 0.3 is 0 Å². The van der Waals surface area contributed by atoms with Gasteiger partial charge in [-0.1, -0.05) is 0 Å². The van der Waals surface area contributed by atoms with Gasteiger partial charge in [-0.05, 0) is 40.4 Å². The fourth-order valence-electron chi connectivity index (χ4n) is 1.73. The molecule has 1 heterocycles. The topological polar surface area (TPSA) is 42.3 Å². The molecule has 0 aliphatic rings. The Hall–Kier alpha value is -1.07. The number of aryl methyl sites for hydroxylation is 1. The lowest BCUT2D eigenvalue weighted by Gasteiger charge is -2.12. The molecule has 0 atom stereocenters. The predicted octanol–water partition coefficient (Wildman–Crippen LogP) is 1.67. The Bertz CT molecular complexity index is 312. The molecule has 1 aromatic rings. The van der Waals surface area contributed by atoms with E-state index in [0.717, 1.165) is 51.6 Å². The van der Waals surface area contributed by atoms with Crippen molar-refractivity contribution in [3.05, 3.63) is 12.4 Å². The van der Waals surface area contributed by atoms with E-state index in [4.69, 9.17) is 4.74 Å². The molecule has 0 saturated heterocycles. The smallest absolute Gasteiger partial charge is 0.202 e. The van der Waals surface area contributed by atoms with E-state index in [9.17, 15) is 0 Å². The molecule has 0 fully saturated rings. The van der Waals surface area contributed by atoms with Gasteiger partial charge < -0.3 is 19.5 Å². The van der Waals surface area contributed by atoms with Crippen LogP contribution in [0.3, 0.4) is 0 Å². The summed E-state index contributed by atoms with van der Waals surface area (Å²) in [5.41, 5.74) is 0. The Morgan fingerprint density at radius 1 is 1.39 bits per heavy atom. The number of anilines is 1. The summed E-state index contributed by atoms with van der Waals surface area (Å²) in [7, 11) is 4.20. The Balaban J connectivity index is 2.22. The number of hydrogen-bond acceptors (Lipinski definition) is 4.